The summed E-state index contributed by atoms with van der Waals surface area (Å²) in [6.07, 6.45) is 4.64. The van der Waals surface area contributed by atoms with Gasteiger partial charge in [0.05, 0.1) is 18.8 Å². The summed E-state index contributed by atoms with van der Waals surface area (Å²) in [7, 11) is 0. The fourth-order valence-corrected chi connectivity index (χ4v) is 4.07. The number of carbonyl (C=O) groups is 1. The highest BCUT2D eigenvalue weighted by atomic mass is 32.1. The third-order valence-corrected chi connectivity index (χ3v) is 5.24. The lowest BCUT2D eigenvalue weighted by atomic mass is 9.90. The van der Waals surface area contributed by atoms with Crippen molar-refractivity contribution in [1.29, 1.82) is 0 Å². The van der Waals surface area contributed by atoms with Crippen LogP contribution < -0.4 is 0 Å². The molecule has 23 heavy (non-hydrogen) atoms. The van der Waals surface area contributed by atoms with E-state index in [9.17, 15) is 4.79 Å². The van der Waals surface area contributed by atoms with Gasteiger partial charge < -0.3 is 9.64 Å². The normalized spacial score (nSPS) is 24.4. The summed E-state index contributed by atoms with van der Waals surface area (Å²) >= 11 is 1.59. The number of carbonyl (C=O) groups excluding carboxylic acids is 1. The summed E-state index contributed by atoms with van der Waals surface area (Å²) in [6.45, 7) is 1.42. The Balaban J connectivity index is 1.45. The van der Waals surface area contributed by atoms with Crippen LogP contribution in [0.2, 0.25) is 0 Å². The molecule has 7 nitrogen and oxygen atoms in total. The Morgan fingerprint density at radius 2 is 2.30 bits per heavy atom. The van der Waals surface area contributed by atoms with E-state index in [2.05, 4.69) is 15.4 Å². The van der Waals surface area contributed by atoms with Crippen LogP contribution in [0.15, 0.2) is 16.8 Å². The van der Waals surface area contributed by atoms with Crippen molar-refractivity contribution in [3.63, 3.8) is 0 Å². The minimum atomic E-state index is 0.0551. The highest BCUT2D eigenvalue weighted by Gasteiger charge is 2.36. The number of rotatable bonds is 3. The quantitative estimate of drug-likeness (QED) is 0.852. The second-order valence-corrected chi connectivity index (χ2v) is 6.78. The van der Waals surface area contributed by atoms with Crippen LogP contribution in [0.25, 0.3) is 11.4 Å². The Morgan fingerprint density at radius 1 is 1.39 bits per heavy atom. The molecule has 1 aliphatic heterocycles. The zero-order valence-electron chi connectivity index (χ0n) is 12.8. The van der Waals surface area contributed by atoms with E-state index in [0.29, 0.717) is 19.0 Å². The molecule has 0 spiro atoms. The molecule has 0 aromatic carbocycles. The molecular weight excluding hydrogens is 314 g/mol. The number of tetrazole rings is 1. The van der Waals surface area contributed by atoms with E-state index in [0.717, 1.165) is 24.8 Å². The van der Waals surface area contributed by atoms with Gasteiger partial charge in [-0.2, -0.15) is 16.1 Å². The first kappa shape index (κ1) is 14.8. The van der Waals surface area contributed by atoms with Crippen LogP contribution in [0, 0.1) is 0 Å². The highest BCUT2D eigenvalue weighted by molar-refractivity contribution is 7.08. The van der Waals surface area contributed by atoms with Crippen molar-refractivity contribution in [2.24, 2.45) is 0 Å². The van der Waals surface area contributed by atoms with Crippen LogP contribution in [-0.2, 0) is 16.1 Å². The van der Waals surface area contributed by atoms with Gasteiger partial charge in [0.2, 0.25) is 11.7 Å². The third-order valence-electron chi connectivity index (χ3n) is 4.56. The van der Waals surface area contributed by atoms with Crippen LogP contribution in [0.4, 0.5) is 0 Å². The fraction of sp³-hybridized carbons (Fsp3) is 0.600. The van der Waals surface area contributed by atoms with E-state index < -0.39 is 0 Å². The van der Waals surface area contributed by atoms with Gasteiger partial charge in [-0.05, 0) is 29.5 Å². The lowest BCUT2D eigenvalue weighted by Gasteiger charge is -2.43. The molecule has 4 rings (SSSR count). The second-order valence-electron chi connectivity index (χ2n) is 6.00. The predicted molar refractivity (Wildman–Crippen MR) is 84.8 cm³/mol. The summed E-state index contributed by atoms with van der Waals surface area (Å²) < 4.78 is 5.82. The van der Waals surface area contributed by atoms with Crippen LogP contribution in [-0.4, -0.2) is 56.3 Å². The Labute approximate surface area is 138 Å². The standard InChI is InChI=1S/C15H19N5O2S/c21-14(19-6-7-22-13-4-2-1-3-12(13)19)9-20-17-15(16-18-20)11-5-8-23-10-11/h5,8,10,12-13H,1-4,6-7,9H2/t12-,13-/m1/s1. The van der Waals surface area contributed by atoms with E-state index in [4.69, 9.17) is 4.74 Å². The summed E-state index contributed by atoms with van der Waals surface area (Å²) in [5, 5.41) is 16.3. The molecule has 0 N–H and O–H groups in total. The average Bonchev–Trinajstić information content (AvgIpc) is 3.25. The van der Waals surface area contributed by atoms with E-state index in [-0.39, 0.29) is 24.6 Å². The second kappa shape index (κ2) is 6.37. The molecule has 0 bridgehead atoms. The van der Waals surface area contributed by atoms with Crippen LogP contribution in [0.5, 0.6) is 0 Å². The number of hydrogen-bond donors (Lipinski definition) is 0. The maximum Gasteiger partial charge on any atom is 0.246 e. The monoisotopic (exact) mass is 333 g/mol. The van der Waals surface area contributed by atoms with Crippen molar-refractivity contribution in [1.82, 2.24) is 25.1 Å². The molecule has 2 atom stereocenters. The SMILES string of the molecule is O=C(Cn1nnc(-c2ccsc2)n1)N1CCO[C@@H]2CCCC[C@H]21. The van der Waals surface area contributed by atoms with Crippen molar-refractivity contribution < 1.29 is 9.53 Å². The largest absolute Gasteiger partial charge is 0.374 e. The lowest BCUT2D eigenvalue weighted by Crippen LogP contribution is -2.55. The molecule has 2 aliphatic rings. The smallest absolute Gasteiger partial charge is 0.246 e. The maximum absolute atomic E-state index is 12.7. The first-order valence-electron chi connectivity index (χ1n) is 8.03. The molecule has 2 fully saturated rings. The van der Waals surface area contributed by atoms with Crippen LogP contribution in [0.1, 0.15) is 25.7 Å². The molecule has 1 amide bonds. The summed E-state index contributed by atoms with van der Waals surface area (Å²) in [4.78, 5) is 16.0. The number of ether oxygens (including phenoxy) is 1. The molecule has 2 aromatic heterocycles. The van der Waals surface area contributed by atoms with Crippen molar-refractivity contribution in [3.05, 3.63) is 16.8 Å². The van der Waals surface area contributed by atoms with Gasteiger partial charge >= 0.3 is 0 Å². The topological polar surface area (TPSA) is 73.1 Å². The minimum Gasteiger partial charge on any atom is -0.374 e. The van der Waals surface area contributed by atoms with E-state index in [1.165, 1.54) is 11.2 Å². The minimum absolute atomic E-state index is 0.0551. The van der Waals surface area contributed by atoms with Crippen molar-refractivity contribution >= 4 is 17.2 Å². The van der Waals surface area contributed by atoms with Gasteiger partial charge in [-0.3, -0.25) is 4.79 Å². The summed E-state index contributed by atoms with van der Waals surface area (Å²) in [6, 6.07) is 2.16. The van der Waals surface area contributed by atoms with Gasteiger partial charge in [-0.25, -0.2) is 0 Å². The van der Waals surface area contributed by atoms with E-state index in [1.807, 2.05) is 21.7 Å². The number of thiophene rings is 1. The molecule has 2 aromatic rings. The Bertz CT molecular complexity index is 669. The number of amides is 1. The molecule has 122 valence electrons. The van der Waals surface area contributed by atoms with Gasteiger partial charge in [0.1, 0.15) is 6.54 Å². The van der Waals surface area contributed by atoms with Gasteiger partial charge in [0, 0.05) is 17.5 Å². The zero-order valence-corrected chi connectivity index (χ0v) is 13.6. The molecule has 0 unspecified atom stereocenters. The predicted octanol–water partition coefficient (Wildman–Crippen LogP) is 1.57. The van der Waals surface area contributed by atoms with Crippen LogP contribution >= 0.6 is 11.3 Å². The first-order valence-corrected chi connectivity index (χ1v) is 8.97. The van der Waals surface area contributed by atoms with E-state index in [1.54, 1.807) is 11.3 Å². The molecule has 1 aliphatic carbocycles. The number of morpholine rings is 1. The molecule has 0 radical (unpaired) electrons. The lowest BCUT2D eigenvalue weighted by molar-refractivity contribution is -0.150. The third kappa shape index (κ3) is 3.00. The summed E-state index contributed by atoms with van der Waals surface area (Å²) in [5.74, 6) is 0.621. The van der Waals surface area contributed by atoms with Gasteiger partial charge in [-0.1, -0.05) is 12.8 Å². The first-order chi connectivity index (χ1) is 11.3. The number of hydrogen-bond acceptors (Lipinski definition) is 6. The van der Waals surface area contributed by atoms with Crippen molar-refractivity contribution in [2.75, 3.05) is 13.2 Å². The Morgan fingerprint density at radius 3 is 3.17 bits per heavy atom. The molecule has 1 saturated carbocycles. The fourth-order valence-electron chi connectivity index (χ4n) is 3.44. The van der Waals surface area contributed by atoms with Crippen molar-refractivity contribution in [3.8, 4) is 11.4 Å². The van der Waals surface area contributed by atoms with Gasteiger partial charge in [0.15, 0.2) is 0 Å². The zero-order chi connectivity index (χ0) is 15.6. The summed E-state index contributed by atoms with van der Waals surface area (Å²) in [5.41, 5.74) is 0.937. The van der Waals surface area contributed by atoms with Crippen LogP contribution in [0.3, 0.4) is 0 Å². The number of nitrogens with zero attached hydrogens (tertiary/aromatic N) is 5. The average molecular weight is 333 g/mol. The molecule has 3 heterocycles. The highest BCUT2D eigenvalue weighted by Crippen LogP contribution is 2.28. The molecular formula is C15H19N5O2S. The van der Waals surface area contributed by atoms with E-state index >= 15 is 0 Å². The molecule has 1 saturated heterocycles. The van der Waals surface area contributed by atoms with Gasteiger partial charge in [-0.15, -0.1) is 10.2 Å². The Kier molecular flexibility index (Phi) is 4.09. The molecule has 8 heteroatoms. The van der Waals surface area contributed by atoms with Crippen molar-refractivity contribution in [2.45, 2.75) is 44.4 Å². The van der Waals surface area contributed by atoms with Gasteiger partial charge in [0.25, 0.3) is 0 Å². The Hall–Kier alpha value is -1.80. The maximum atomic E-state index is 12.7. The number of aromatic nitrogens is 4. The number of fused-ring (bicyclic) bond motifs is 1.